The summed E-state index contributed by atoms with van der Waals surface area (Å²) in [5, 5.41) is 7.22. The summed E-state index contributed by atoms with van der Waals surface area (Å²) in [4.78, 5) is 24.1. The van der Waals surface area contributed by atoms with Crippen LogP contribution in [0, 0.1) is 13.8 Å². The predicted molar refractivity (Wildman–Crippen MR) is 99.6 cm³/mol. The molecule has 1 N–H and O–H groups in total. The van der Waals surface area contributed by atoms with Crippen LogP contribution < -0.4 is 15.6 Å². The highest BCUT2D eigenvalue weighted by molar-refractivity contribution is 5.77. The molecule has 0 fully saturated rings. The highest BCUT2D eigenvalue weighted by Crippen LogP contribution is 2.17. The highest BCUT2D eigenvalue weighted by Gasteiger charge is 2.13. The lowest BCUT2D eigenvalue weighted by molar-refractivity contribution is -0.123. The number of ether oxygens (including phenoxy) is 1. The van der Waals surface area contributed by atoms with Crippen LogP contribution in [0.2, 0.25) is 0 Å². The smallest absolute Gasteiger partial charge is 0.267 e. The van der Waals surface area contributed by atoms with Crippen LogP contribution in [0.3, 0.4) is 0 Å². The molecule has 6 nitrogen and oxygen atoms in total. The van der Waals surface area contributed by atoms with Crippen LogP contribution in [-0.4, -0.2) is 28.8 Å². The number of hydrogen-bond acceptors (Lipinski definition) is 4. The molecular weight excluding hydrogens is 330 g/mol. The van der Waals surface area contributed by atoms with Gasteiger partial charge in [0.25, 0.3) is 11.5 Å². The van der Waals surface area contributed by atoms with Crippen molar-refractivity contribution in [2.75, 3.05) is 13.2 Å². The number of carbonyl (C=O) groups excluding carboxylic acids is 1. The Bertz CT molecular complexity index is 838. The third kappa shape index (κ3) is 4.71. The van der Waals surface area contributed by atoms with E-state index < -0.39 is 0 Å². The van der Waals surface area contributed by atoms with Crippen molar-refractivity contribution in [2.45, 2.75) is 46.1 Å². The number of rotatable bonds is 6. The van der Waals surface area contributed by atoms with Crippen molar-refractivity contribution < 1.29 is 9.53 Å². The molecule has 2 aromatic rings. The maximum absolute atomic E-state index is 12.1. The van der Waals surface area contributed by atoms with Crippen molar-refractivity contribution in [3.8, 4) is 5.75 Å². The lowest BCUT2D eigenvalue weighted by Gasteiger charge is -2.16. The second kappa shape index (κ2) is 8.17. The quantitative estimate of drug-likeness (QED) is 0.859. The molecule has 0 bridgehead atoms. The lowest BCUT2D eigenvalue weighted by Crippen LogP contribution is -2.35. The summed E-state index contributed by atoms with van der Waals surface area (Å²) >= 11 is 0. The fraction of sp³-hybridized carbons (Fsp3) is 0.450. The summed E-state index contributed by atoms with van der Waals surface area (Å²) in [5.74, 6) is 0.473. The Hall–Kier alpha value is -2.63. The van der Waals surface area contributed by atoms with Crippen molar-refractivity contribution in [3.63, 3.8) is 0 Å². The third-order valence-electron chi connectivity index (χ3n) is 4.48. The first-order chi connectivity index (χ1) is 12.5. The van der Waals surface area contributed by atoms with Crippen LogP contribution in [0.1, 0.15) is 35.2 Å². The van der Waals surface area contributed by atoms with Gasteiger partial charge in [0, 0.05) is 12.6 Å². The maximum atomic E-state index is 12.1. The van der Waals surface area contributed by atoms with E-state index in [0.717, 1.165) is 48.1 Å². The van der Waals surface area contributed by atoms with Gasteiger partial charge in [-0.2, -0.15) is 5.10 Å². The minimum absolute atomic E-state index is 0.0462. The molecule has 1 amide bonds. The molecule has 1 aromatic carbocycles. The molecular formula is C20H25N3O3. The Kier molecular flexibility index (Phi) is 5.71. The third-order valence-corrected chi connectivity index (χ3v) is 4.48. The molecule has 3 rings (SSSR count). The number of aryl methyl sites for hydroxylation is 4. The number of carbonyl (C=O) groups is 1. The fourth-order valence-corrected chi connectivity index (χ4v) is 3.28. The Morgan fingerprint density at radius 1 is 1.15 bits per heavy atom. The molecule has 26 heavy (non-hydrogen) atoms. The number of benzene rings is 1. The normalized spacial score (nSPS) is 13.2. The molecule has 138 valence electrons. The summed E-state index contributed by atoms with van der Waals surface area (Å²) in [5.41, 5.74) is 4.17. The van der Waals surface area contributed by atoms with Crippen LogP contribution in [0.5, 0.6) is 5.75 Å². The van der Waals surface area contributed by atoms with Gasteiger partial charge >= 0.3 is 0 Å². The van der Waals surface area contributed by atoms with Crippen molar-refractivity contribution in [2.24, 2.45) is 0 Å². The number of nitrogens with zero attached hydrogens (tertiary/aromatic N) is 2. The second-order valence-electron chi connectivity index (χ2n) is 6.85. The summed E-state index contributed by atoms with van der Waals surface area (Å²) in [6.45, 7) is 4.64. The number of aromatic nitrogens is 2. The lowest BCUT2D eigenvalue weighted by atomic mass is 9.97. The van der Waals surface area contributed by atoms with Crippen LogP contribution in [0.25, 0.3) is 0 Å². The van der Waals surface area contributed by atoms with E-state index in [2.05, 4.69) is 16.5 Å². The highest BCUT2D eigenvalue weighted by atomic mass is 16.5. The molecule has 0 atom stereocenters. The minimum atomic E-state index is -0.213. The minimum Gasteiger partial charge on any atom is -0.484 e. The van der Waals surface area contributed by atoms with Gasteiger partial charge < -0.3 is 10.1 Å². The van der Waals surface area contributed by atoms with Gasteiger partial charge in [0.2, 0.25) is 0 Å². The van der Waals surface area contributed by atoms with Crippen molar-refractivity contribution in [1.82, 2.24) is 15.1 Å². The Balaban J connectivity index is 1.48. The molecule has 1 heterocycles. The first-order valence-corrected chi connectivity index (χ1v) is 9.09. The van der Waals surface area contributed by atoms with Crippen molar-refractivity contribution in [1.29, 1.82) is 0 Å². The molecule has 0 unspecified atom stereocenters. The van der Waals surface area contributed by atoms with Gasteiger partial charge in [-0.25, -0.2) is 4.68 Å². The fourth-order valence-electron chi connectivity index (χ4n) is 3.28. The molecule has 0 aliphatic heterocycles. The molecule has 0 saturated heterocycles. The zero-order valence-electron chi connectivity index (χ0n) is 15.4. The number of hydrogen-bond donors (Lipinski definition) is 1. The molecule has 0 saturated carbocycles. The molecule has 1 aliphatic carbocycles. The van der Waals surface area contributed by atoms with Crippen molar-refractivity contribution >= 4 is 5.91 Å². The topological polar surface area (TPSA) is 73.2 Å². The Morgan fingerprint density at radius 3 is 2.65 bits per heavy atom. The number of nitrogens with one attached hydrogen (secondary N) is 1. The predicted octanol–water partition coefficient (Wildman–Crippen LogP) is 1.93. The summed E-state index contributed by atoms with van der Waals surface area (Å²) in [6, 6.07) is 7.54. The van der Waals surface area contributed by atoms with Crippen LogP contribution in [0.4, 0.5) is 0 Å². The van der Waals surface area contributed by atoms with Gasteiger partial charge in [0.15, 0.2) is 6.61 Å². The maximum Gasteiger partial charge on any atom is 0.267 e. The van der Waals surface area contributed by atoms with Gasteiger partial charge in [-0.1, -0.05) is 6.07 Å². The Morgan fingerprint density at radius 2 is 1.88 bits per heavy atom. The molecule has 0 spiro atoms. The largest absolute Gasteiger partial charge is 0.484 e. The SMILES string of the molecule is Cc1cc(C)cc(OCC(=O)NCCn2nc3c(cc2=O)CCCC3)c1. The van der Waals surface area contributed by atoms with E-state index in [1.54, 1.807) is 6.07 Å². The van der Waals surface area contributed by atoms with E-state index in [-0.39, 0.29) is 18.1 Å². The van der Waals surface area contributed by atoms with Gasteiger partial charge in [-0.3, -0.25) is 9.59 Å². The molecule has 0 radical (unpaired) electrons. The average molecular weight is 355 g/mol. The van der Waals surface area contributed by atoms with Gasteiger partial charge in [-0.05, 0) is 68.4 Å². The van der Waals surface area contributed by atoms with E-state index >= 15 is 0 Å². The van der Waals surface area contributed by atoms with E-state index in [1.807, 2.05) is 26.0 Å². The zero-order valence-corrected chi connectivity index (χ0v) is 15.4. The van der Waals surface area contributed by atoms with Crippen LogP contribution in [-0.2, 0) is 24.2 Å². The second-order valence-corrected chi connectivity index (χ2v) is 6.85. The standard InChI is InChI=1S/C20H25N3O3/c1-14-9-15(2)11-17(10-14)26-13-19(24)21-7-8-23-20(25)12-16-5-3-4-6-18(16)22-23/h9-12H,3-8,13H2,1-2H3,(H,21,24). The summed E-state index contributed by atoms with van der Waals surface area (Å²) < 4.78 is 6.97. The average Bonchev–Trinajstić information content (AvgIpc) is 2.59. The molecule has 1 aromatic heterocycles. The van der Waals surface area contributed by atoms with Gasteiger partial charge in [-0.15, -0.1) is 0 Å². The van der Waals surface area contributed by atoms with Crippen LogP contribution >= 0.6 is 0 Å². The Labute approximate surface area is 153 Å². The molecule has 6 heteroatoms. The monoisotopic (exact) mass is 355 g/mol. The number of fused-ring (bicyclic) bond motifs is 1. The van der Waals surface area contributed by atoms with E-state index in [4.69, 9.17) is 4.74 Å². The summed E-state index contributed by atoms with van der Waals surface area (Å²) in [7, 11) is 0. The van der Waals surface area contributed by atoms with Gasteiger partial charge in [0.1, 0.15) is 5.75 Å². The molecule has 1 aliphatic rings. The first-order valence-electron chi connectivity index (χ1n) is 9.09. The van der Waals surface area contributed by atoms with Crippen LogP contribution in [0.15, 0.2) is 29.1 Å². The van der Waals surface area contributed by atoms with E-state index in [1.165, 1.54) is 4.68 Å². The number of amides is 1. The van der Waals surface area contributed by atoms with Gasteiger partial charge in [0.05, 0.1) is 12.2 Å². The summed E-state index contributed by atoms with van der Waals surface area (Å²) in [6.07, 6.45) is 4.09. The zero-order chi connectivity index (χ0) is 18.5. The van der Waals surface area contributed by atoms with E-state index in [0.29, 0.717) is 18.8 Å². The van der Waals surface area contributed by atoms with Crippen molar-refractivity contribution in [3.05, 3.63) is 57.0 Å². The van der Waals surface area contributed by atoms with E-state index in [9.17, 15) is 9.59 Å². The first kappa shape index (κ1) is 18.2.